The second-order valence-electron chi connectivity index (χ2n) is 8.70. The first kappa shape index (κ1) is 23.1. The van der Waals surface area contributed by atoms with Gasteiger partial charge in [-0.25, -0.2) is 9.78 Å². The molecule has 1 aliphatic heterocycles. The van der Waals surface area contributed by atoms with Crippen molar-refractivity contribution < 1.29 is 14.3 Å². The largest absolute Gasteiger partial charge is 0.445 e. The van der Waals surface area contributed by atoms with E-state index in [2.05, 4.69) is 31.5 Å². The van der Waals surface area contributed by atoms with E-state index in [9.17, 15) is 9.59 Å². The quantitative estimate of drug-likeness (QED) is 0.615. The molecule has 0 atom stereocenters. The van der Waals surface area contributed by atoms with Crippen molar-refractivity contribution in [3.05, 3.63) is 52.6 Å². The monoisotopic (exact) mass is 488 g/mol. The summed E-state index contributed by atoms with van der Waals surface area (Å²) >= 11 is 3.52. The fraction of sp³-hybridized carbons (Fsp3) is 0.435. The maximum Gasteiger partial charge on any atom is 0.410 e. The summed E-state index contributed by atoms with van der Waals surface area (Å²) in [5, 5.41) is 6.36. The molecule has 2 heterocycles. The molecule has 1 aromatic carbocycles. The summed E-state index contributed by atoms with van der Waals surface area (Å²) in [6.45, 7) is 7.12. The predicted octanol–water partition coefficient (Wildman–Crippen LogP) is 5.04. The van der Waals surface area contributed by atoms with E-state index in [1.165, 1.54) is 0 Å². The van der Waals surface area contributed by atoms with Gasteiger partial charge in [0.15, 0.2) is 0 Å². The van der Waals surface area contributed by atoms with Crippen LogP contribution < -0.4 is 10.6 Å². The van der Waals surface area contributed by atoms with Gasteiger partial charge in [0.1, 0.15) is 12.4 Å². The number of carbonyl (C=O) groups excluding carboxylic acids is 2. The molecule has 0 unspecified atom stereocenters. The molecule has 1 aliphatic rings. The van der Waals surface area contributed by atoms with Gasteiger partial charge in [-0.1, -0.05) is 51.1 Å². The summed E-state index contributed by atoms with van der Waals surface area (Å²) in [7, 11) is 0. The van der Waals surface area contributed by atoms with Crippen LogP contribution >= 0.6 is 15.9 Å². The van der Waals surface area contributed by atoms with Crippen molar-refractivity contribution in [1.29, 1.82) is 0 Å². The van der Waals surface area contributed by atoms with E-state index in [1.54, 1.807) is 11.1 Å². The van der Waals surface area contributed by atoms with Gasteiger partial charge >= 0.3 is 6.09 Å². The summed E-state index contributed by atoms with van der Waals surface area (Å²) in [5.41, 5.74) is 1.35. The lowest BCUT2D eigenvalue weighted by Gasteiger charge is -2.32. The van der Waals surface area contributed by atoms with E-state index in [4.69, 9.17) is 4.74 Å². The van der Waals surface area contributed by atoms with E-state index in [-0.39, 0.29) is 24.6 Å². The highest BCUT2D eigenvalue weighted by Gasteiger charge is 2.25. The van der Waals surface area contributed by atoms with E-state index < -0.39 is 5.41 Å². The fourth-order valence-corrected chi connectivity index (χ4v) is 3.49. The van der Waals surface area contributed by atoms with E-state index in [0.717, 1.165) is 28.6 Å². The molecular formula is C23H29BrN4O3. The highest BCUT2D eigenvalue weighted by molar-refractivity contribution is 9.10. The van der Waals surface area contributed by atoms with Crippen LogP contribution in [-0.4, -0.2) is 41.0 Å². The van der Waals surface area contributed by atoms with Gasteiger partial charge in [-0.3, -0.25) is 4.79 Å². The Balaban J connectivity index is 1.50. The number of halogens is 1. The van der Waals surface area contributed by atoms with Gasteiger partial charge < -0.3 is 20.3 Å². The Morgan fingerprint density at radius 2 is 1.87 bits per heavy atom. The van der Waals surface area contributed by atoms with Gasteiger partial charge in [0, 0.05) is 36.8 Å². The van der Waals surface area contributed by atoms with Crippen LogP contribution in [0.5, 0.6) is 0 Å². The summed E-state index contributed by atoms with van der Waals surface area (Å²) in [4.78, 5) is 30.6. The van der Waals surface area contributed by atoms with Crippen molar-refractivity contribution in [1.82, 2.24) is 9.88 Å². The zero-order valence-corrected chi connectivity index (χ0v) is 19.7. The topological polar surface area (TPSA) is 83.6 Å². The van der Waals surface area contributed by atoms with Crippen LogP contribution in [0.4, 0.5) is 16.3 Å². The zero-order valence-electron chi connectivity index (χ0n) is 18.2. The molecule has 31 heavy (non-hydrogen) atoms. The van der Waals surface area contributed by atoms with Crippen LogP contribution in [0.15, 0.2) is 47.1 Å². The maximum absolute atomic E-state index is 12.3. The van der Waals surface area contributed by atoms with Gasteiger partial charge in [0.2, 0.25) is 5.91 Å². The lowest BCUT2D eigenvalue weighted by atomic mass is 9.96. The molecule has 8 heteroatoms. The molecule has 0 radical (unpaired) electrons. The van der Waals surface area contributed by atoms with Crippen molar-refractivity contribution in [2.45, 2.75) is 46.3 Å². The Morgan fingerprint density at radius 1 is 1.19 bits per heavy atom. The summed E-state index contributed by atoms with van der Waals surface area (Å²) in [5.74, 6) is 0.420. The number of amides is 2. The van der Waals surface area contributed by atoms with Crippen molar-refractivity contribution in [3.63, 3.8) is 0 Å². The Labute approximate surface area is 191 Å². The van der Waals surface area contributed by atoms with Gasteiger partial charge in [0.25, 0.3) is 0 Å². The van der Waals surface area contributed by atoms with Crippen LogP contribution in [0.25, 0.3) is 0 Å². The molecule has 1 saturated heterocycles. The summed E-state index contributed by atoms with van der Waals surface area (Å²) < 4.78 is 6.26. The SMILES string of the molecule is CC(C)(C)C(=O)Nc1cc(NC2CCN(C(=O)OCc3ccccc3)CC2)c(Br)cn1. The van der Waals surface area contributed by atoms with Gasteiger partial charge in [-0.2, -0.15) is 0 Å². The van der Waals surface area contributed by atoms with Gasteiger partial charge in [-0.15, -0.1) is 0 Å². The van der Waals surface area contributed by atoms with Crippen LogP contribution in [0, 0.1) is 5.41 Å². The first-order chi connectivity index (χ1) is 14.7. The molecule has 1 fully saturated rings. The summed E-state index contributed by atoms with van der Waals surface area (Å²) in [6, 6.07) is 11.7. The van der Waals surface area contributed by atoms with Gasteiger partial charge in [0.05, 0.1) is 10.2 Å². The number of benzene rings is 1. The maximum atomic E-state index is 12.3. The standard InChI is InChI=1S/C23H29BrN4O3/c1-23(2,3)21(29)27-20-13-19(18(24)14-25-20)26-17-9-11-28(12-10-17)22(30)31-15-16-7-5-4-6-8-16/h4-8,13-14,17H,9-12,15H2,1-3H3,(H2,25,26,27,29). The van der Waals surface area contributed by atoms with Crippen LogP contribution in [-0.2, 0) is 16.1 Å². The number of hydrogen-bond acceptors (Lipinski definition) is 5. The van der Waals surface area contributed by atoms with Crippen LogP contribution in [0.1, 0.15) is 39.2 Å². The lowest BCUT2D eigenvalue weighted by molar-refractivity contribution is -0.123. The average molecular weight is 489 g/mol. The Hall–Kier alpha value is -2.61. The van der Waals surface area contributed by atoms with Gasteiger partial charge in [-0.05, 0) is 34.3 Å². The molecule has 3 rings (SSSR count). The average Bonchev–Trinajstić information content (AvgIpc) is 2.75. The van der Waals surface area contributed by atoms with Crippen LogP contribution in [0.3, 0.4) is 0 Å². The zero-order chi connectivity index (χ0) is 22.4. The number of piperidine rings is 1. The fourth-order valence-electron chi connectivity index (χ4n) is 3.16. The second kappa shape index (κ2) is 10.1. The van der Waals surface area contributed by atoms with Crippen molar-refractivity contribution >= 4 is 39.4 Å². The number of likely N-dealkylation sites (tertiary alicyclic amines) is 1. The minimum atomic E-state index is -0.496. The second-order valence-corrected chi connectivity index (χ2v) is 9.55. The summed E-state index contributed by atoms with van der Waals surface area (Å²) in [6.07, 6.45) is 3.01. The van der Waals surface area contributed by atoms with Crippen molar-refractivity contribution in [3.8, 4) is 0 Å². The molecule has 7 nitrogen and oxygen atoms in total. The molecule has 0 bridgehead atoms. The molecule has 2 N–H and O–H groups in total. The molecule has 2 aromatic rings. The minimum Gasteiger partial charge on any atom is -0.445 e. The first-order valence-corrected chi connectivity index (χ1v) is 11.2. The van der Waals surface area contributed by atoms with Crippen molar-refractivity contribution in [2.75, 3.05) is 23.7 Å². The number of pyridine rings is 1. The highest BCUT2D eigenvalue weighted by Crippen LogP contribution is 2.27. The van der Waals surface area contributed by atoms with E-state index in [1.807, 2.05) is 57.2 Å². The molecule has 2 amide bonds. The molecule has 0 saturated carbocycles. The Bertz CT molecular complexity index is 907. The Kier molecular flexibility index (Phi) is 7.54. The highest BCUT2D eigenvalue weighted by atomic mass is 79.9. The number of anilines is 2. The van der Waals surface area contributed by atoms with E-state index >= 15 is 0 Å². The minimum absolute atomic E-state index is 0.0874. The normalized spacial score (nSPS) is 14.8. The number of nitrogens with zero attached hydrogens (tertiary/aromatic N) is 2. The van der Waals surface area contributed by atoms with Crippen molar-refractivity contribution in [2.24, 2.45) is 5.41 Å². The molecule has 1 aromatic heterocycles. The first-order valence-electron chi connectivity index (χ1n) is 10.4. The lowest BCUT2D eigenvalue weighted by Crippen LogP contribution is -2.42. The molecule has 0 aliphatic carbocycles. The molecule has 166 valence electrons. The molecular weight excluding hydrogens is 460 g/mol. The number of rotatable bonds is 5. The number of aromatic nitrogens is 1. The van der Waals surface area contributed by atoms with E-state index in [0.29, 0.717) is 18.9 Å². The number of carbonyl (C=O) groups is 2. The smallest absolute Gasteiger partial charge is 0.410 e. The van der Waals surface area contributed by atoms with Crippen LogP contribution in [0.2, 0.25) is 0 Å². The predicted molar refractivity (Wildman–Crippen MR) is 125 cm³/mol. The third-order valence-corrected chi connectivity index (χ3v) is 5.73. The molecule has 0 spiro atoms. The Morgan fingerprint density at radius 3 is 2.52 bits per heavy atom. The third kappa shape index (κ3) is 6.69. The number of ether oxygens (including phenoxy) is 1. The third-order valence-electron chi connectivity index (χ3n) is 5.10. The number of hydrogen-bond donors (Lipinski definition) is 2. The number of nitrogens with one attached hydrogen (secondary N) is 2.